The van der Waals surface area contributed by atoms with E-state index in [4.69, 9.17) is 5.11 Å². The Bertz CT molecular complexity index is 581. The van der Waals surface area contributed by atoms with Crippen molar-refractivity contribution in [3.8, 4) is 0 Å². The van der Waals surface area contributed by atoms with E-state index in [2.05, 4.69) is 0 Å². The Morgan fingerprint density at radius 1 is 1.30 bits per heavy atom. The van der Waals surface area contributed by atoms with Crippen molar-refractivity contribution in [2.24, 2.45) is 5.41 Å². The first-order valence-corrected chi connectivity index (χ1v) is 7.12. The number of hydrogen-bond acceptors (Lipinski definition) is 2. The maximum atomic E-state index is 12.5. The molecule has 3 rings (SSSR count). The second-order valence-electron chi connectivity index (χ2n) is 6.08. The molecular formula is C16H19NO3. The number of rotatable bonds is 1. The Balaban J connectivity index is 1.92. The van der Waals surface area contributed by atoms with Crippen LogP contribution in [0.3, 0.4) is 0 Å². The largest absolute Gasteiger partial charge is 0.478 e. The average Bonchev–Trinajstić information content (AvgIpc) is 2.44. The molecule has 1 aliphatic heterocycles. The molecule has 1 aromatic carbocycles. The van der Waals surface area contributed by atoms with E-state index in [-0.39, 0.29) is 11.3 Å². The standard InChI is InChI=1S/C16H19NO3/c1-17-8-2-6-16(15(17)20)7-5-11-9-12(14(18)19)3-4-13(11)10-16/h3-4,9H,2,5-8,10H2,1H3,(H,18,19). The van der Waals surface area contributed by atoms with Crippen LogP contribution in [0.5, 0.6) is 0 Å². The number of nitrogens with zero attached hydrogens (tertiary/aromatic N) is 1. The molecule has 1 amide bonds. The summed E-state index contributed by atoms with van der Waals surface area (Å²) in [7, 11) is 1.88. The van der Waals surface area contributed by atoms with Gasteiger partial charge in [0.1, 0.15) is 0 Å². The normalized spacial score (nSPS) is 25.6. The number of benzene rings is 1. The first-order valence-electron chi connectivity index (χ1n) is 7.12. The van der Waals surface area contributed by atoms with Crippen molar-refractivity contribution in [1.82, 2.24) is 4.90 Å². The number of carboxylic acid groups (broad SMARTS) is 1. The minimum atomic E-state index is -0.887. The summed E-state index contributed by atoms with van der Waals surface area (Å²) in [6, 6.07) is 5.31. The number of fused-ring (bicyclic) bond motifs is 1. The predicted octanol–water partition coefficient (Wildman–Crippen LogP) is 2.11. The smallest absolute Gasteiger partial charge is 0.335 e. The molecule has 1 N–H and O–H groups in total. The second kappa shape index (κ2) is 4.62. The van der Waals surface area contributed by atoms with Crippen molar-refractivity contribution in [2.75, 3.05) is 13.6 Å². The Labute approximate surface area is 118 Å². The molecule has 4 nitrogen and oxygen atoms in total. The lowest BCUT2D eigenvalue weighted by atomic mass is 9.66. The SMILES string of the molecule is CN1CCCC2(CCc3cc(C(=O)O)ccc3C2)C1=O. The van der Waals surface area contributed by atoms with E-state index in [1.54, 1.807) is 12.1 Å². The van der Waals surface area contributed by atoms with Crippen LogP contribution in [0.15, 0.2) is 18.2 Å². The van der Waals surface area contributed by atoms with Gasteiger partial charge < -0.3 is 10.0 Å². The molecular weight excluding hydrogens is 254 g/mol. The van der Waals surface area contributed by atoms with Gasteiger partial charge in [-0.3, -0.25) is 4.79 Å². The lowest BCUT2D eigenvalue weighted by molar-refractivity contribution is -0.145. The third kappa shape index (κ3) is 1.99. The van der Waals surface area contributed by atoms with Gasteiger partial charge in [-0.25, -0.2) is 4.79 Å². The van der Waals surface area contributed by atoms with Crippen LogP contribution in [0.4, 0.5) is 0 Å². The van der Waals surface area contributed by atoms with Crippen molar-refractivity contribution < 1.29 is 14.7 Å². The fourth-order valence-corrected chi connectivity index (χ4v) is 3.65. The molecule has 0 saturated carbocycles. The van der Waals surface area contributed by atoms with Gasteiger partial charge in [0.15, 0.2) is 0 Å². The molecule has 4 heteroatoms. The summed E-state index contributed by atoms with van der Waals surface area (Å²) in [5, 5.41) is 9.04. The Hall–Kier alpha value is -1.84. The summed E-state index contributed by atoms with van der Waals surface area (Å²) in [5.74, 6) is -0.627. The maximum Gasteiger partial charge on any atom is 0.335 e. The fourth-order valence-electron chi connectivity index (χ4n) is 3.65. The van der Waals surface area contributed by atoms with E-state index < -0.39 is 5.97 Å². The molecule has 0 bridgehead atoms. The summed E-state index contributed by atoms with van der Waals surface area (Å²) in [6.45, 7) is 0.853. The first-order chi connectivity index (χ1) is 9.52. The molecule has 106 valence electrons. The number of carboxylic acids is 1. The molecule has 1 aliphatic carbocycles. The molecule has 2 aliphatic rings. The van der Waals surface area contributed by atoms with E-state index in [0.717, 1.165) is 49.8 Å². The number of aromatic carboxylic acids is 1. The number of hydrogen-bond donors (Lipinski definition) is 1. The van der Waals surface area contributed by atoms with Gasteiger partial charge in [0.05, 0.1) is 11.0 Å². The first kappa shape index (κ1) is 13.2. The zero-order chi connectivity index (χ0) is 14.3. The van der Waals surface area contributed by atoms with Crippen molar-refractivity contribution >= 4 is 11.9 Å². The van der Waals surface area contributed by atoms with Gasteiger partial charge in [-0.1, -0.05) is 6.07 Å². The Kier molecular flexibility index (Phi) is 3.04. The van der Waals surface area contributed by atoms with E-state index >= 15 is 0 Å². The van der Waals surface area contributed by atoms with E-state index in [1.165, 1.54) is 0 Å². The Morgan fingerprint density at radius 3 is 2.85 bits per heavy atom. The number of amides is 1. The third-order valence-electron chi connectivity index (χ3n) is 4.80. The molecule has 0 aromatic heterocycles. The summed E-state index contributed by atoms with van der Waals surface area (Å²) in [6.07, 6.45) is 4.41. The molecule has 1 fully saturated rings. The number of likely N-dealkylation sites (tertiary alicyclic amines) is 1. The van der Waals surface area contributed by atoms with Gasteiger partial charge >= 0.3 is 5.97 Å². The Morgan fingerprint density at radius 2 is 2.10 bits per heavy atom. The average molecular weight is 273 g/mol. The van der Waals surface area contributed by atoms with Crippen molar-refractivity contribution in [3.05, 3.63) is 34.9 Å². The predicted molar refractivity (Wildman–Crippen MR) is 74.7 cm³/mol. The maximum absolute atomic E-state index is 12.5. The summed E-state index contributed by atoms with van der Waals surface area (Å²) in [4.78, 5) is 25.4. The molecule has 1 heterocycles. The molecule has 20 heavy (non-hydrogen) atoms. The number of carbonyl (C=O) groups is 2. The highest BCUT2D eigenvalue weighted by molar-refractivity contribution is 5.88. The van der Waals surface area contributed by atoms with E-state index in [0.29, 0.717) is 5.56 Å². The lowest BCUT2D eigenvalue weighted by Gasteiger charge is -2.43. The highest BCUT2D eigenvalue weighted by Gasteiger charge is 2.44. The number of piperidine rings is 1. The number of carbonyl (C=O) groups excluding carboxylic acids is 1. The summed E-state index contributed by atoms with van der Waals surface area (Å²) >= 11 is 0. The van der Waals surface area contributed by atoms with Crippen LogP contribution in [0.2, 0.25) is 0 Å². The van der Waals surface area contributed by atoms with Crippen LogP contribution >= 0.6 is 0 Å². The van der Waals surface area contributed by atoms with Crippen molar-refractivity contribution in [1.29, 1.82) is 0 Å². The molecule has 1 saturated heterocycles. The van der Waals surface area contributed by atoms with E-state index in [9.17, 15) is 9.59 Å². The zero-order valence-corrected chi connectivity index (χ0v) is 11.7. The molecule has 1 unspecified atom stereocenters. The van der Waals surface area contributed by atoms with Crippen molar-refractivity contribution in [2.45, 2.75) is 32.1 Å². The highest BCUT2D eigenvalue weighted by atomic mass is 16.4. The second-order valence-corrected chi connectivity index (χ2v) is 6.08. The van der Waals surface area contributed by atoms with Crippen LogP contribution in [0.25, 0.3) is 0 Å². The molecule has 1 aromatic rings. The van der Waals surface area contributed by atoms with Crippen molar-refractivity contribution in [3.63, 3.8) is 0 Å². The van der Waals surface area contributed by atoms with Gasteiger partial charge in [-0.15, -0.1) is 0 Å². The zero-order valence-electron chi connectivity index (χ0n) is 11.7. The lowest BCUT2D eigenvalue weighted by Crippen LogP contribution is -2.49. The van der Waals surface area contributed by atoms with Crippen LogP contribution in [0, 0.1) is 5.41 Å². The molecule has 0 radical (unpaired) electrons. The van der Waals surface area contributed by atoms with Gasteiger partial charge in [-0.05, 0) is 55.4 Å². The van der Waals surface area contributed by atoms with Gasteiger partial charge in [0.25, 0.3) is 0 Å². The minimum absolute atomic E-state index is 0.245. The number of aryl methyl sites for hydroxylation is 1. The van der Waals surface area contributed by atoms with Gasteiger partial charge in [0.2, 0.25) is 5.91 Å². The quantitative estimate of drug-likeness (QED) is 0.852. The van der Waals surface area contributed by atoms with Crippen LogP contribution in [0.1, 0.15) is 40.7 Å². The van der Waals surface area contributed by atoms with E-state index in [1.807, 2.05) is 18.0 Å². The summed E-state index contributed by atoms with van der Waals surface area (Å²) in [5.41, 5.74) is 2.33. The summed E-state index contributed by atoms with van der Waals surface area (Å²) < 4.78 is 0. The van der Waals surface area contributed by atoms with Crippen LogP contribution in [-0.2, 0) is 17.6 Å². The van der Waals surface area contributed by atoms with Gasteiger partial charge in [-0.2, -0.15) is 0 Å². The van der Waals surface area contributed by atoms with Crippen LogP contribution in [-0.4, -0.2) is 35.5 Å². The molecule has 1 spiro atoms. The minimum Gasteiger partial charge on any atom is -0.478 e. The fraction of sp³-hybridized carbons (Fsp3) is 0.500. The topological polar surface area (TPSA) is 57.6 Å². The van der Waals surface area contributed by atoms with Gasteiger partial charge in [0, 0.05) is 13.6 Å². The van der Waals surface area contributed by atoms with Crippen LogP contribution < -0.4 is 0 Å². The third-order valence-corrected chi connectivity index (χ3v) is 4.80. The monoisotopic (exact) mass is 273 g/mol. The molecule has 1 atom stereocenters. The highest BCUT2D eigenvalue weighted by Crippen LogP contribution is 2.42.